The van der Waals surface area contributed by atoms with Crippen molar-refractivity contribution < 1.29 is 4.74 Å². The summed E-state index contributed by atoms with van der Waals surface area (Å²) in [6, 6.07) is 6.36. The minimum Gasteiger partial charge on any atom is -0.432 e. The van der Waals surface area contributed by atoms with E-state index in [0.717, 1.165) is 18.6 Å². The second kappa shape index (κ2) is 16.8. The summed E-state index contributed by atoms with van der Waals surface area (Å²) in [4.78, 5) is 0. The van der Waals surface area contributed by atoms with Crippen molar-refractivity contribution in [1.82, 2.24) is 0 Å². The van der Waals surface area contributed by atoms with Crippen LogP contribution in [0.5, 0.6) is 5.75 Å². The largest absolute Gasteiger partial charge is 0.432 e. The molecule has 0 aromatic heterocycles. The van der Waals surface area contributed by atoms with E-state index < -0.39 is 0 Å². The van der Waals surface area contributed by atoms with Crippen LogP contribution in [0.1, 0.15) is 115 Å². The van der Waals surface area contributed by atoms with Crippen molar-refractivity contribution in [2.45, 2.75) is 117 Å². The molecule has 3 heteroatoms. The van der Waals surface area contributed by atoms with Gasteiger partial charge in [0.05, 0.1) is 0 Å². The van der Waals surface area contributed by atoms with Gasteiger partial charge in [-0.25, -0.2) is 0 Å². The van der Waals surface area contributed by atoms with E-state index in [-0.39, 0.29) is 5.17 Å². The lowest BCUT2D eigenvalue weighted by atomic mass is 9.95. The summed E-state index contributed by atoms with van der Waals surface area (Å²) >= 11 is 4.99. The smallest absolute Gasteiger partial charge is 0.259 e. The first-order valence-corrected chi connectivity index (χ1v) is 12.2. The molecule has 2 nitrogen and oxygen atoms in total. The van der Waals surface area contributed by atoms with E-state index in [1.807, 2.05) is 6.07 Å². The van der Waals surface area contributed by atoms with Crippen LogP contribution in [-0.2, 0) is 12.8 Å². The van der Waals surface area contributed by atoms with Crippen molar-refractivity contribution in [2.75, 3.05) is 0 Å². The lowest BCUT2D eigenvalue weighted by Crippen LogP contribution is -2.17. The molecule has 28 heavy (non-hydrogen) atoms. The molecule has 1 aromatic carbocycles. The van der Waals surface area contributed by atoms with Gasteiger partial charge in [-0.2, -0.15) is 0 Å². The number of aryl methyl sites for hydroxylation is 1. The highest BCUT2D eigenvalue weighted by Gasteiger charge is 2.11. The molecule has 1 aromatic rings. The van der Waals surface area contributed by atoms with Crippen LogP contribution in [0.3, 0.4) is 0 Å². The first kappa shape index (κ1) is 24.9. The fourth-order valence-electron chi connectivity index (χ4n) is 3.86. The van der Waals surface area contributed by atoms with Crippen molar-refractivity contribution in [3.8, 4) is 5.75 Å². The number of thiocarbonyl (C=S) groups is 1. The molecule has 2 N–H and O–H groups in total. The molecule has 0 aliphatic carbocycles. The topological polar surface area (TPSA) is 35.2 Å². The third kappa shape index (κ3) is 11.7. The summed E-state index contributed by atoms with van der Waals surface area (Å²) in [7, 11) is 0. The van der Waals surface area contributed by atoms with E-state index in [4.69, 9.17) is 22.7 Å². The van der Waals surface area contributed by atoms with Crippen molar-refractivity contribution >= 4 is 17.4 Å². The van der Waals surface area contributed by atoms with E-state index >= 15 is 0 Å². The van der Waals surface area contributed by atoms with Gasteiger partial charge in [0.2, 0.25) is 0 Å². The number of nitrogens with two attached hydrogens (primary N) is 1. The zero-order chi connectivity index (χ0) is 20.5. The number of ether oxygens (including phenoxy) is 1. The van der Waals surface area contributed by atoms with Gasteiger partial charge in [-0.05, 0) is 55.1 Å². The average Bonchev–Trinajstić information content (AvgIpc) is 2.67. The van der Waals surface area contributed by atoms with Crippen molar-refractivity contribution in [3.05, 3.63) is 29.3 Å². The number of rotatable bonds is 17. The minimum atomic E-state index is 0.119. The summed E-state index contributed by atoms with van der Waals surface area (Å²) in [5.74, 6) is 0.874. The summed E-state index contributed by atoms with van der Waals surface area (Å²) in [6.45, 7) is 4.54. The van der Waals surface area contributed by atoms with Crippen LogP contribution >= 0.6 is 12.2 Å². The van der Waals surface area contributed by atoms with Crippen molar-refractivity contribution in [1.29, 1.82) is 0 Å². The minimum absolute atomic E-state index is 0.119. The van der Waals surface area contributed by atoms with Gasteiger partial charge in [0.1, 0.15) is 5.75 Å². The third-order valence-corrected chi connectivity index (χ3v) is 5.60. The maximum absolute atomic E-state index is 5.68. The van der Waals surface area contributed by atoms with Gasteiger partial charge in [0.15, 0.2) is 0 Å². The Hall–Kier alpha value is -1.09. The molecule has 0 bridgehead atoms. The van der Waals surface area contributed by atoms with Gasteiger partial charge in [-0.3, -0.25) is 0 Å². The van der Waals surface area contributed by atoms with Gasteiger partial charge in [-0.15, -0.1) is 0 Å². The SMILES string of the molecule is CCCCCCCCCc1cccc(OC(N)=S)c1CCCCCCCCC. The molecular weight excluding hydrogens is 362 g/mol. The predicted molar refractivity (Wildman–Crippen MR) is 127 cm³/mol. The fraction of sp³-hybridized carbons (Fsp3) is 0.720. The van der Waals surface area contributed by atoms with Gasteiger partial charge in [0, 0.05) is 0 Å². The Labute approximate surface area is 179 Å². The standard InChI is InChI=1S/C25H43NOS/c1-3-5-7-9-11-13-15-18-22-19-17-21-24(27-25(26)28)23(22)20-16-14-12-10-8-6-4-2/h17,19,21H,3-16,18,20H2,1-2H3,(H2,26,28). The van der Waals surface area contributed by atoms with Crippen molar-refractivity contribution in [3.63, 3.8) is 0 Å². The summed E-state index contributed by atoms with van der Waals surface area (Å²) in [6.07, 6.45) is 20.9. The molecular formula is C25H43NOS. The van der Waals surface area contributed by atoms with Crippen molar-refractivity contribution in [2.24, 2.45) is 5.73 Å². The van der Waals surface area contributed by atoms with Crippen LogP contribution in [0.2, 0.25) is 0 Å². The Morgan fingerprint density at radius 1 is 0.750 bits per heavy atom. The number of benzene rings is 1. The number of hydrogen-bond acceptors (Lipinski definition) is 2. The van der Waals surface area contributed by atoms with Gasteiger partial charge < -0.3 is 10.5 Å². The molecule has 0 saturated carbocycles. The predicted octanol–water partition coefficient (Wildman–Crippen LogP) is 7.90. The number of hydrogen-bond donors (Lipinski definition) is 1. The Bertz CT molecular complexity index is 529. The normalized spacial score (nSPS) is 10.9. The van der Waals surface area contributed by atoms with Crippen LogP contribution in [0.15, 0.2) is 18.2 Å². The van der Waals surface area contributed by atoms with Gasteiger partial charge >= 0.3 is 0 Å². The Balaban J connectivity index is 2.51. The molecule has 160 valence electrons. The van der Waals surface area contributed by atoms with Gasteiger partial charge in [-0.1, -0.05) is 103 Å². The summed E-state index contributed by atoms with van der Waals surface area (Å²) in [5.41, 5.74) is 8.41. The Morgan fingerprint density at radius 3 is 1.79 bits per heavy atom. The van der Waals surface area contributed by atoms with E-state index in [1.54, 1.807) is 0 Å². The highest BCUT2D eigenvalue weighted by molar-refractivity contribution is 7.80. The molecule has 0 aliphatic heterocycles. The maximum atomic E-state index is 5.68. The Kier molecular flexibility index (Phi) is 15.0. The monoisotopic (exact) mass is 405 g/mol. The highest BCUT2D eigenvalue weighted by Crippen LogP contribution is 2.27. The molecule has 0 unspecified atom stereocenters. The zero-order valence-corrected chi connectivity index (χ0v) is 19.3. The number of unbranched alkanes of at least 4 members (excludes halogenated alkanes) is 12. The van der Waals surface area contributed by atoms with Gasteiger partial charge in [0.25, 0.3) is 5.17 Å². The quantitative estimate of drug-likeness (QED) is 0.211. The van der Waals surface area contributed by atoms with Crippen LogP contribution in [0.25, 0.3) is 0 Å². The average molecular weight is 406 g/mol. The summed E-state index contributed by atoms with van der Waals surface area (Å²) < 4.78 is 5.68. The molecule has 0 amide bonds. The van der Waals surface area contributed by atoms with Crippen LogP contribution < -0.4 is 10.5 Å². The van der Waals surface area contributed by atoms with E-state index in [9.17, 15) is 0 Å². The third-order valence-electron chi connectivity index (χ3n) is 5.52. The van der Waals surface area contributed by atoms with Crippen LogP contribution in [0, 0.1) is 0 Å². The lowest BCUT2D eigenvalue weighted by molar-refractivity contribution is 0.537. The molecule has 1 rings (SSSR count). The maximum Gasteiger partial charge on any atom is 0.259 e. The lowest BCUT2D eigenvalue weighted by Gasteiger charge is -2.15. The second-order valence-electron chi connectivity index (χ2n) is 8.06. The first-order chi connectivity index (χ1) is 13.7. The molecule has 0 heterocycles. The molecule has 0 atom stereocenters. The second-order valence-corrected chi connectivity index (χ2v) is 8.46. The molecule has 0 spiro atoms. The molecule has 0 aliphatic rings. The molecule has 0 saturated heterocycles. The molecule has 0 radical (unpaired) electrons. The zero-order valence-electron chi connectivity index (χ0n) is 18.4. The Morgan fingerprint density at radius 2 is 1.25 bits per heavy atom. The molecule has 0 fully saturated rings. The van der Waals surface area contributed by atoms with E-state index in [1.165, 1.54) is 101 Å². The van der Waals surface area contributed by atoms with Crippen LogP contribution in [0.4, 0.5) is 0 Å². The van der Waals surface area contributed by atoms with E-state index in [0.29, 0.717) is 0 Å². The fourth-order valence-corrected chi connectivity index (χ4v) is 3.95. The van der Waals surface area contributed by atoms with Crippen LogP contribution in [-0.4, -0.2) is 5.17 Å². The highest BCUT2D eigenvalue weighted by atomic mass is 32.1. The summed E-state index contributed by atoms with van der Waals surface area (Å²) in [5, 5.41) is 0.119. The van der Waals surface area contributed by atoms with E-state index in [2.05, 4.69) is 26.0 Å². The first-order valence-electron chi connectivity index (χ1n) is 11.8.